The molecule has 0 radical (unpaired) electrons. The third-order valence-corrected chi connectivity index (χ3v) is 4.34. The van der Waals surface area contributed by atoms with E-state index < -0.39 is 5.97 Å². The molecule has 0 bridgehead atoms. The number of imidazole rings is 1. The molecule has 0 atom stereocenters. The highest BCUT2D eigenvalue weighted by Gasteiger charge is 2.12. The Morgan fingerprint density at radius 2 is 2.24 bits per heavy atom. The van der Waals surface area contributed by atoms with Gasteiger partial charge in [-0.3, -0.25) is 4.40 Å². The quantitative estimate of drug-likeness (QED) is 0.775. The van der Waals surface area contributed by atoms with Gasteiger partial charge in [0.2, 0.25) is 0 Å². The van der Waals surface area contributed by atoms with Crippen LogP contribution in [0.2, 0.25) is 0 Å². The van der Waals surface area contributed by atoms with E-state index in [2.05, 4.69) is 27.0 Å². The molecule has 108 valence electrons. The molecule has 3 aromatic rings. The van der Waals surface area contributed by atoms with E-state index in [1.165, 1.54) is 0 Å². The van der Waals surface area contributed by atoms with E-state index >= 15 is 0 Å². The van der Waals surface area contributed by atoms with Gasteiger partial charge in [0.15, 0.2) is 4.96 Å². The molecule has 0 aliphatic rings. The number of hydrogen-bond donors (Lipinski definition) is 2. The standard InChI is InChI=1S/C15H15N3O2S/c1-9-8-21-15-17-10(2)13(18(9)15)7-16-12-5-3-4-11(6-12)14(19)20/h3-6,8,16H,7H2,1-2H3,(H,19,20). The molecular formula is C15H15N3O2S. The average molecular weight is 301 g/mol. The predicted molar refractivity (Wildman–Crippen MR) is 83.3 cm³/mol. The zero-order valence-electron chi connectivity index (χ0n) is 11.8. The molecule has 3 rings (SSSR count). The highest BCUT2D eigenvalue weighted by molar-refractivity contribution is 7.15. The molecule has 6 heteroatoms. The number of carboxylic acid groups (broad SMARTS) is 1. The summed E-state index contributed by atoms with van der Waals surface area (Å²) in [7, 11) is 0. The number of aryl methyl sites for hydroxylation is 2. The molecule has 2 aromatic heterocycles. The van der Waals surface area contributed by atoms with Crippen LogP contribution in [-0.4, -0.2) is 20.5 Å². The Labute approximate surface area is 125 Å². The van der Waals surface area contributed by atoms with Crippen LogP contribution in [0.25, 0.3) is 4.96 Å². The van der Waals surface area contributed by atoms with E-state index in [0.29, 0.717) is 6.54 Å². The molecule has 0 amide bonds. The van der Waals surface area contributed by atoms with Crippen molar-refractivity contribution in [3.8, 4) is 0 Å². The monoisotopic (exact) mass is 301 g/mol. The molecule has 2 N–H and O–H groups in total. The van der Waals surface area contributed by atoms with Crippen molar-refractivity contribution in [3.05, 3.63) is 52.3 Å². The lowest BCUT2D eigenvalue weighted by molar-refractivity contribution is 0.0697. The molecular weight excluding hydrogens is 286 g/mol. The number of nitrogens with one attached hydrogen (secondary N) is 1. The third kappa shape index (κ3) is 2.50. The molecule has 0 saturated carbocycles. The highest BCUT2D eigenvalue weighted by atomic mass is 32.1. The van der Waals surface area contributed by atoms with Crippen LogP contribution in [0, 0.1) is 13.8 Å². The van der Waals surface area contributed by atoms with Crippen LogP contribution >= 0.6 is 11.3 Å². The van der Waals surface area contributed by atoms with Crippen LogP contribution in [0.5, 0.6) is 0 Å². The van der Waals surface area contributed by atoms with Gasteiger partial charge in [-0.1, -0.05) is 6.07 Å². The summed E-state index contributed by atoms with van der Waals surface area (Å²) in [4.78, 5) is 16.5. The van der Waals surface area contributed by atoms with E-state index in [1.54, 1.807) is 29.5 Å². The number of aromatic carboxylic acids is 1. The van der Waals surface area contributed by atoms with Gasteiger partial charge in [-0.25, -0.2) is 9.78 Å². The molecule has 0 saturated heterocycles. The highest BCUT2D eigenvalue weighted by Crippen LogP contribution is 2.21. The fourth-order valence-corrected chi connectivity index (χ4v) is 3.25. The molecule has 0 unspecified atom stereocenters. The fourth-order valence-electron chi connectivity index (χ4n) is 2.32. The van der Waals surface area contributed by atoms with Crippen LogP contribution in [0.15, 0.2) is 29.6 Å². The van der Waals surface area contributed by atoms with Crippen LogP contribution in [0.4, 0.5) is 5.69 Å². The van der Waals surface area contributed by atoms with Crippen molar-refractivity contribution >= 4 is 28.0 Å². The van der Waals surface area contributed by atoms with E-state index in [4.69, 9.17) is 5.11 Å². The van der Waals surface area contributed by atoms with Gasteiger partial charge >= 0.3 is 5.97 Å². The van der Waals surface area contributed by atoms with E-state index in [1.807, 2.05) is 13.0 Å². The Balaban J connectivity index is 1.86. The van der Waals surface area contributed by atoms with Gasteiger partial charge in [-0.05, 0) is 32.0 Å². The molecule has 0 aliphatic carbocycles. The predicted octanol–water partition coefficient (Wildman–Crippen LogP) is 3.32. The van der Waals surface area contributed by atoms with Crippen molar-refractivity contribution in [3.63, 3.8) is 0 Å². The Kier molecular flexibility index (Phi) is 3.39. The van der Waals surface area contributed by atoms with Gasteiger partial charge < -0.3 is 10.4 Å². The molecule has 0 aliphatic heterocycles. The second-order valence-electron chi connectivity index (χ2n) is 4.88. The second-order valence-corrected chi connectivity index (χ2v) is 5.72. The first-order valence-corrected chi connectivity index (χ1v) is 7.43. The number of rotatable bonds is 4. The summed E-state index contributed by atoms with van der Waals surface area (Å²) in [5.74, 6) is -0.921. The number of thiazole rings is 1. The zero-order valence-corrected chi connectivity index (χ0v) is 12.6. The van der Waals surface area contributed by atoms with Crippen molar-refractivity contribution in [1.82, 2.24) is 9.38 Å². The Bertz CT molecular complexity index is 820. The van der Waals surface area contributed by atoms with Gasteiger partial charge in [-0.15, -0.1) is 11.3 Å². The minimum absolute atomic E-state index is 0.280. The summed E-state index contributed by atoms with van der Waals surface area (Å²) in [5.41, 5.74) is 4.32. The van der Waals surface area contributed by atoms with Crippen LogP contribution in [-0.2, 0) is 6.54 Å². The maximum absolute atomic E-state index is 11.0. The molecule has 5 nitrogen and oxygen atoms in total. The number of carboxylic acids is 1. The fraction of sp³-hybridized carbons (Fsp3) is 0.200. The number of aromatic nitrogens is 2. The number of nitrogens with zero attached hydrogens (tertiary/aromatic N) is 2. The first-order chi connectivity index (χ1) is 10.1. The molecule has 0 fully saturated rings. The van der Waals surface area contributed by atoms with E-state index in [9.17, 15) is 4.79 Å². The van der Waals surface area contributed by atoms with Crippen LogP contribution in [0.1, 0.15) is 27.4 Å². The topological polar surface area (TPSA) is 66.6 Å². The van der Waals surface area contributed by atoms with Gasteiger partial charge in [0, 0.05) is 16.8 Å². The largest absolute Gasteiger partial charge is 0.478 e. The number of benzene rings is 1. The minimum Gasteiger partial charge on any atom is -0.478 e. The summed E-state index contributed by atoms with van der Waals surface area (Å²) in [5, 5.41) is 14.4. The first-order valence-electron chi connectivity index (χ1n) is 6.55. The number of anilines is 1. The smallest absolute Gasteiger partial charge is 0.335 e. The van der Waals surface area contributed by atoms with E-state index in [0.717, 1.165) is 27.7 Å². The van der Waals surface area contributed by atoms with Crippen molar-refractivity contribution in [2.45, 2.75) is 20.4 Å². The second kappa shape index (κ2) is 5.21. The lowest BCUT2D eigenvalue weighted by atomic mass is 10.2. The van der Waals surface area contributed by atoms with Crippen molar-refractivity contribution in [2.75, 3.05) is 5.32 Å². The van der Waals surface area contributed by atoms with E-state index in [-0.39, 0.29) is 5.56 Å². The van der Waals surface area contributed by atoms with Gasteiger partial charge in [0.05, 0.1) is 23.5 Å². The van der Waals surface area contributed by atoms with Crippen molar-refractivity contribution < 1.29 is 9.90 Å². The summed E-state index contributed by atoms with van der Waals surface area (Å²) in [6.07, 6.45) is 0. The molecule has 21 heavy (non-hydrogen) atoms. The van der Waals surface area contributed by atoms with Gasteiger partial charge in [-0.2, -0.15) is 0 Å². The lowest BCUT2D eigenvalue weighted by Gasteiger charge is -2.08. The van der Waals surface area contributed by atoms with Gasteiger partial charge in [0.1, 0.15) is 0 Å². The van der Waals surface area contributed by atoms with Gasteiger partial charge in [0.25, 0.3) is 0 Å². The van der Waals surface area contributed by atoms with Crippen LogP contribution < -0.4 is 5.32 Å². The average Bonchev–Trinajstić information content (AvgIpc) is 2.96. The molecule has 1 aromatic carbocycles. The molecule has 2 heterocycles. The van der Waals surface area contributed by atoms with Crippen molar-refractivity contribution in [1.29, 1.82) is 0 Å². The number of fused-ring (bicyclic) bond motifs is 1. The van der Waals surface area contributed by atoms with Crippen molar-refractivity contribution in [2.24, 2.45) is 0 Å². The Morgan fingerprint density at radius 1 is 1.43 bits per heavy atom. The number of hydrogen-bond acceptors (Lipinski definition) is 4. The summed E-state index contributed by atoms with van der Waals surface area (Å²) >= 11 is 1.62. The summed E-state index contributed by atoms with van der Waals surface area (Å²) in [6, 6.07) is 6.82. The maximum atomic E-state index is 11.0. The maximum Gasteiger partial charge on any atom is 0.335 e. The number of carbonyl (C=O) groups is 1. The Morgan fingerprint density at radius 3 is 3.00 bits per heavy atom. The lowest BCUT2D eigenvalue weighted by Crippen LogP contribution is -2.05. The zero-order chi connectivity index (χ0) is 15.0. The first kappa shape index (κ1) is 13.6. The normalized spacial score (nSPS) is 11.0. The summed E-state index contributed by atoms with van der Waals surface area (Å²) in [6.45, 7) is 4.65. The third-order valence-electron chi connectivity index (χ3n) is 3.40. The SMILES string of the molecule is Cc1nc2scc(C)n2c1CNc1cccc(C(=O)O)c1. The Hall–Kier alpha value is -2.34. The van der Waals surface area contributed by atoms with Crippen LogP contribution in [0.3, 0.4) is 0 Å². The minimum atomic E-state index is -0.921. The molecule has 0 spiro atoms. The summed E-state index contributed by atoms with van der Waals surface area (Å²) < 4.78 is 2.13.